The van der Waals surface area contributed by atoms with Crippen LogP contribution in [0.15, 0.2) is 42.0 Å². The van der Waals surface area contributed by atoms with Crippen LogP contribution in [-0.2, 0) is 14.3 Å². The lowest BCUT2D eigenvalue weighted by Gasteiger charge is -2.25. The maximum absolute atomic E-state index is 13.1. The molecule has 176 valence electrons. The van der Waals surface area contributed by atoms with E-state index in [4.69, 9.17) is 25.8 Å². The molecule has 1 aliphatic heterocycles. The molecule has 33 heavy (non-hydrogen) atoms. The Bertz CT molecular complexity index is 1080. The van der Waals surface area contributed by atoms with Gasteiger partial charge in [-0.2, -0.15) is 0 Å². The molecule has 1 atom stereocenters. The second-order valence-electron chi connectivity index (χ2n) is 7.22. The Balaban J connectivity index is 2.21. The largest absolute Gasteiger partial charge is 0.507 e. The molecule has 1 saturated heterocycles. The smallest absolute Gasteiger partial charge is 0.295 e. The maximum atomic E-state index is 13.1. The molecule has 0 radical (unpaired) electrons. The molecule has 0 aliphatic carbocycles. The Morgan fingerprint density at radius 1 is 1.09 bits per heavy atom. The van der Waals surface area contributed by atoms with E-state index >= 15 is 0 Å². The zero-order valence-electron chi connectivity index (χ0n) is 18.6. The summed E-state index contributed by atoms with van der Waals surface area (Å²) in [5.41, 5.74) is 0.520. The number of aromatic hydroxyl groups is 1. The summed E-state index contributed by atoms with van der Waals surface area (Å²) in [6, 6.07) is 8.30. The van der Waals surface area contributed by atoms with E-state index in [0.717, 1.165) is 0 Å². The second-order valence-corrected chi connectivity index (χ2v) is 7.63. The molecule has 2 aromatic carbocycles. The van der Waals surface area contributed by atoms with Gasteiger partial charge in [-0.25, -0.2) is 0 Å². The number of ether oxygens (including phenoxy) is 3. The van der Waals surface area contributed by atoms with Crippen molar-refractivity contribution in [3.05, 3.63) is 58.1 Å². The topological polar surface area (TPSA) is 106 Å². The quantitative estimate of drug-likeness (QED) is 0.322. The molecule has 1 heterocycles. The summed E-state index contributed by atoms with van der Waals surface area (Å²) in [7, 11) is 1.48. The molecule has 2 N–H and O–H groups in total. The van der Waals surface area contributed by atoms with Crippen LogP contribution < -0.4 is 9.47 Å². The fraction of sp³-hybridized carbons (Fsp3) is 0.333. The van der Waals surface area contributed by atoms with Crippen molar-refractivity contribution in [3.8, 4) is 17.2 Å². The number of hydrogen-bond donors (Lipinski definition) is 2. The number of benzene rings is 2. The van der Waals surface area contributed by atoms with Crippen molar-refractivity contribution in [2.24, 2.45) is 0 Å². The van der Waals surface area contributed by atoms with Gasteiger partial charge >= 0.3 is 0 Å². The van der Waals surface area contributed by atoms with Crippen LogP contribution in [-0.4, -0.2) is 60.3 Å². The number of rotatable bonds is 9. The number of phenolic OH excluding ortho intramolecular Hbond substituents is 1. The SMILES string of the molecule is CCOc1ccc(Cl)c(/C(O)=C2\C(=O)C(=O)N(CCOC)C2c2ccc(O)c(OCC)c2)c1. The van der Waals surface area contributed by atoms with Crippen LogP contribution in [0.2, 0.25) is 5.02 Å². The molecule has 8 nitrogen and oxygen atoms in total. The molecule has 0 bridgehead atoms. The van der Waals surface area contributed by atoms with E-state index in [1.807, 2.05) is 6.92 Å². The third kappa shape index (κ3) is 4.91. The molecule has 1 amide bonds. The van der Waals surface area contributed by atoms with Gasteiger partial charge < -0.3 is 29.3 Å². The molecule has 1 fully saturated rings. The normalized spacial score (nSPS) is 17.5. The summed E-state index contributed by atoms with van der Waals surface area (Å²) in [4.78, 5) is 27.3. The predicted molar refractivity (Wildman–Crippen MR) is 123 cm³/mol. The highest BCUT2D eigenvalue weighted by Gasteiger charge is 2.46. The van der Waals surface area contributed by atoms with Crippen molar-refractivity contribution in [1.82, 2.24) is 4.90 Å². The summed E-state index contributed by atoms with van der Waals surface area (Å²) in [5, 5.41) is 21.5. The molecule has 3 rings (SSSR count). The number of aliphatic hydroxyl groups is 1. The lowest BCUT2D eigenvalue weighted by atomic mass is 9.95. The van der Waals surface area contributed by atoms with E-state index < -0.39 is 23.5 Å². The third-order valence-electron chi connectivity index (χ3n) is 5.18. The molecular formula is C24H26ClNO7. The van der Waals surface area contributed by atoms with Crippen LogP contribution >= 0.6 is 11.6 Å². The summed E-state index contributed by atoms with van der Waals surface area (Å²) < 4.78 is 16.1. The zero-order valence-corrected chi connectivity index (χ0v) is 19.4. The molecule has 9 heteroatoms. The molecule has 0 spiro atoms. The van der Waals surface area contributed by atoms with Crippen LogP contribution in [0.25, 0.3) is 5.76 Å². The number of halogens is 1. The Hall–Kier alpha value is -3.23. The first-order valence-electron chi connectivity index (χ1n) is 10.5. The van der Waals surface area contributed by atoms with E-state index in [1.54, 1.807) is 31.2 Å². The van der Waals surface area contributed by atoms with E-state index in [1.165, 1.54) is 24.1 Å². The van der Waals surface area contributed by atoms with Gasteiger partial charge in [0.25, 0.3) is 11.7 Å². The number of ketones is 1. The predicted octanol–water partition coefficient (Wildman–Crippen LogP) is 3.91. The van der Waals surface area contributed by atoms with Crippen molar-refractivity contribution < 1.29 is 34.0 Å². The van der Waals surface area contributed by atoms with Crippen LogP contribution in [0.5, 0.6) is 17.2 Å². The first kappa shape index (κ1) is 24.4. The fourth-order valence-corrected chi connectivity index (χ4v) is 3.91. The highest BCUT2D eigenvalue weighted by Crippen LogP contribution is 2.42. The number of phenols is 1. The molecule has 1 aliphatic rings. The van der Waals surface area contributed by atoms with Gasteiger partial charge in [-0.1, -0.05) is 17.7 Å². The molecule has 1 unspecified atom stereocenters. The minimum atomic E-state index is -0.938. The Morgan fingerprint density at radius 2 is 1.82 bits per heavy atom. The van der Waals surface area contributed by atoms with Crippen molar-refractivity contribution in [2.45, 2.75) is 19.9 Å². The number of amides is 1. The average Bonchev–Trinajstić information content (AvgIpc) is 3.05. The first-order valence-corrected chi connectivity index (χ1v) is 10.9. The minimum absolute atomic E-state index is 0.0816. The first-order chi connectivity index (χ1) is 15.8. The Kier molecular flexibility index (Phi) is 7.84. The summed E-state index contributed by atoms with van der Waals surface area (Å²) in [6.07, 6.45) is 0. The minimum Gasteiger partial charge on any atom is -0.507 e. The van der Waals surface area contributed by atoms with E-state index in [-0.39, 0.29) is 40.8 Å². The zero-order chi connectivity index (χ0) is 24.1. The summed E-state index contributed by atoms with van der Waals surface area (Å²) >= 11 is 6.32. The second kappa shape index (κ2) is 10.6. The monoisotopic (exact) mass is 475 g/mol. The third-order valence-corrected chi connectivity index (χ3v) is 5.51. The highest BCUT2D eigenvalue weighted by atomic mass is 35.5. The molecule has 0 aromatic heterocycles. The van der Waals surface area contributed by atoms with Crippen molar-refractivity contribution in [3.63, 3.8) is 0 Å². The van der Waals surface area contributed by atoms with Gasteiger partial charge in [-0.05, 0) is 49.7 Å². The van der Waals surface area contributed by atoms with Crippen LogP contribution in [0.4, 0.5) is 0 Å². The standard InChI is InChI=1S/C24H26ClNO7/c1-4-32-15-7-8-17(25)16(13-15)22(28)20-21(26(10-11-31-3)24(30)23(20)29)14-6-9-18(27)19(12-14)33-5-2/h6-9,12-13,21,27-28H,4-5,10-11H2,1-3H3/b22-20+. The maximum Gasteiger partial charge on any atom is 0.295 e. The van der Waals surface area contributed by atoms with Crippen molar-refractivity contribution >= 4 is 29.1 Å². The molecule has 2 aromatic rings. The lowest BCUT2D eigenvalue weighted by Crippen LogP contribution is -2.32. The van der Waals surface area contributed by atoms with Crippen molar-refractivity contribution in [2.75, 3.05) is 33.5 Å². The van der Waals surface area contributed by atoms with Gasteiger partial charge in [0, 0.05) is 19.2 Å². The lowest BCUT2D eigenvalue weighted by molar-refractivity contribution is -0.140. The van der Waals surface area contributed by atoms with E-state index in [0.29, 0.717) is 24.5 Å². The number of Topliss-reactive ketones (excluding diaryl/α,β-unsaturated/α-hetero) is 1. The van der Waals surface area contributed by atoms with Crippen LogP contribution in [0.1, 0.15) is 31.0 Å². The average molecular weight is 476 g/mol. The summed E-state index contributed by atoms with van der Waals surface area (Å²) in [6.45, 7) is 4.58. The van der Waals surface area contributed by atoms with Gasteiger partial charge in [0.1, 0.15) is 11.5 Å². The van der Waals surface area contributed by atoms with Crippen LogP contribution in [0, 0.1) is 0 Å². The Labute approximate surface area is 196 Å². The van der Waals surface area contributed by atoms with Gasteiger partial charge in [-0.3, -0.25) is 9.59 Å². The number of carbonyl (C=O) groups is 2. The number of aliphatic hydroxyl groups excluding tert-OH is 1. The molecule has 0 saturated carbocycles. The van der Waals surface area contributed by atoms with Crippen LogP contribution in [0.3, 0.4) is 0 Å². The van der Waals surface area contributed by atoms with E-state index in [9.17, 15) is 19.8 Å². The van der Waals surface area contributed by atoms with Gasteiger partial charge in [-0.15, -0.1) is 0 Å². The number of hydrogen-bond acceptors (Lipinski definition) is 7. The van der Waals surface area contributed by atoms with Gasteiger partial charge in [0.2, 0.25) is 0 Å². The number of likely N-dealkylation sites (tertiary alicyclic amines) is 1. The number of methoxy groups -OCH3 is 1. The van der Waals surface area contributed by atoms with Gasteiger partial charge in [0.15, 0.2) is 11.5 Å². The number of carbonyl (C=O) groups excluding carboxylic acids is 2. The summed E-state index contributed by atoms with van der Waals surface area (Å²) in [5.74, 6) is -1.47. The fourth-order valence-electron chi connectivity index (χ4n) is 3.71. The Morgan fingerprint density at radius 3 is 2.48 bits per heavy atom. The number of nitrogens with zero attached hydrogens (tertiary/aromatic N) is 1. The highest BCUT2D eigenvalue weighted by molar-refractivity contribution is 6.47. The van der Waals surface area contributed by atoms with E-state index in [2.05, 4.69) is 0 Å². The van der Waals surface area contributed by atoms with Crippen molar-refractivity contribution in [1.29, 1.82) is 0 Å². The molecular weight excluding hydrogens is 450 g/mol. The van der Waals surface area contributed by atoms with Gasteiger partial charge in [0.05, 0.1) is 36.5 Å².